The van der Waals surface area contributed by atoms with Gasteiger partial charge in [0.2, 0.25) is 0 Å². The van der Waals surface area contributed by atoms with Gasteiger partial charge in [0.05, 0.1) is 6.10 Å². The van der Waals surface area contributed by atoms with Crippen LogP contribution >= 0.6 is 22.6 Å². The molecule has 0 radical (unpaired) electrons. The van der Waals surface area contributed by atoms with E-state index in [1.54, 1.807) is 0 Å². The van der Waals surface area contributed by atoms with Crippen molar-refractivity contribution >= 4 is 22.6 Å². The second-order valence-corrected chi connectivity index (χ2v) is 5.13. The summed E-state index contributed by atoms with van der Waals surface area (Å²) in [5.74, 6) is 0. The van der Waals surface area contributed by atoms with Crippen LogP contribution in [0.2, 0.25) is 0 Å². The molecule has 0 amide bonds. The molecule has 0 aliphatic heterocycles. The molecule has 0 fully saturated rings. The van der Waals surface area contributed by atoms with Crippen molar-refractivity contribution in [1.29, 1.82) is 0 Å². The van der Waals surface area contributed by atoms with E-state index >= 15 is 0 Å². The van der Waals surface area contributed by atoms with Crippen molar-refractivity contribution in [3.63, 3.8) is 0 Å². The highest BCUT2D eigenvalue weighted by Gasteiger charge is 2.25. The monoisotopic (exact) mass is 316 g/mol. The normalized spacial score (nSPS) is 14.4. The first kappa shape index (κ1) is 12.7. The van der Waals surface area contributed by atoms with Gasteiger partial charge in [0.1, 0.15) is 0 Å². The maximum Gasteiger partial charge on any atom is 0.0782 e. The van der Waals surface area contributed by atoms with Gasteiger partial charge >= 0.3 is 0 Å². The quantitative estimate of drug-likeness (QED) is 0.842. The van der Waals surface area contributed by atoms with Gasteiger partial charge in [-0.2, -0.15) is 0 Å². The average molecular weight is 316 g/mol. The van der Waals surface area contributed by atoms with E-state index in [9.17, 15) is 5.11 Å². The van der Waals surface area contributed by atoms with Crippen LogP contribution in [0.3, 0.4) is 0 Å². The van der Waals surface area contributed by atoms with Crippen molar-refractivity contribution in [3.05, 3.63) is 46.1 Å². The molecule has 0 heterocycles. The molecule has 2 heteroatoms. The van der Waals surface area contributed by atoms with Crippen LogP contribution in [0, 0.1) is 5.41 Å². The predicted octanol–water partition coefficient (Wildman–Crippen LogP) is 3.56. The molecule has 0 saturated heterocycles. The first-order chi connectivity index (χ1) is 7.06. The number of aliphatic hydroxyl groups excluding tert-OH is 1. The Hall–Kier alpha value is -0.350. The van der Waals surface area contributed by atoms with Gasteiger partial charge in [0, 0.05) is 0 Å². The van der Waals surface area contributed by atoms with Crippen LogP contribution in [-0.2, 0) is 6.42 Å². The molecular weight excluding hydrogens is 299 g/mol. The summed E-state index contributed by atoms with van der Waals surface area (Å²) < 4.78 is 1.87. The molecule has 1 N–H and O–H groups in total. The van der Waals surface area contributed by atoms with Crippen LogP contribution in [0.5, 0.6) is 0 Å². The Labute approximate surface area is 105 Å². The molecule has 0 spiro atoms. The Balaban J connectivity index is 2.72. The standard InChI is InChI=1S/C13H17IO/c1-13(2,12(15)8-9-14)10-11-6-4-3-5-7-11/h3-9,12,15H,10H2,1-2H3/b9-8+. The molecule has 1 unspecified atom stereocenters. The van der Waals surface area contributed by atoms with Gasteiger partial charge in [-0.1, -0.05) is 66.8 Å². The third-order valence-electron chi connectivity index (χ3n) is 2.56. The largest absolute Gasteiger partial charge is 0.388 e. The molecule has 15 heavy (non-hydrogen) atoms. The fourth-order valence-electron chi connectivity index (χ4n) is 1.56. The van der Waals surface area contributed by atoms with Gasteiger partial charge in [0.25, 0.3) is 0 Å². The van der Waals surface area contributed by atoms with E-state index in [0.717, 1.165) is 6.42 Å². The minimum absolute atomic E-state index is 0.122. The topological polar surface area (TPSA) is 20.2 Å². The smallest absolute Gasteiger partial charge is 0.0782 e. The van der Waals surface area contributed by atoms with Crippen LogP contribution in [0.4, 0.5) is 0 Å². The van der Waals surface area contributed by atoms with Gasteiger partial charge in [-0.3, -0.25) is 0 Å². The highest BCUT2D eigenvalue weighted by atomic mass is 127. The minimum atomic E-state index is -0.394. The van der Waals surface area contributed by atoms with E-state index in [-0.39, 0.29) is 5.41 Å². The molecule has 1 aromatic carbocycles. The van der Waals surface area contributed by atoms with Gasteiger partial charge < -0.3 is 5.11 Å². The first-order valence-electron chi connectivity index (χ1n) is 5.05. The van der Waals surface area contributed by atoms with Crippen LogP contribution in [-0.4, -0.2) is 11.2 Å². The summed E-state index contributed by atoms with van der Waals surface area (Å²) in [7, 11) is 0. The molecular formula is C13H17IO. The number of aliphatic hydroxyl groups is 1. The summed E-state index contributed by atoms with van der Waals surface area (Å²) in [6.45, 7) is 4.17. The van der Waals surface area contributed by atoms with E-state index in [1.165, 1.54) is 5.56 Å². The Kier molecular flexibility index (Phi) is 4.80. The molecule has 0 bridgehead atoms. The SMILES string of the molecule is CC(C)(Cc1ccccc1)C(O)/C=C/I. The number of hydrogen-bond donors (Lipinski definition) is 1. The molecule has 0 saturated carbocycles. The van der Waals surface area contributed by atoms with Gasteiger partial charge in [-0.05, 0) is 27.6 Å². The Morgan fingerprint density at radius 3 is 2.47 bits per heavy atom. The molecule has 0 aliphatic carbocycles. The predicted molar refractivity (Wildman–Crippen MR) is 73.1 cm³/mol. The zero-order valence-electron chi connectivity index (χ0n) is 9.15. The van der Waals surface area contributed by atoms with Crippen molar-refractivity contribution in [1.82, 2.24) is 0 Å². The average Bonchev–Trinajstić information content (AvgIpc) is 2.19. The van der Waals surface area contributed by atoms with E-state index in [1.807, 2.05) is 28.4 Å². The zero-order chi connectivity index (χ0) is 11.3. The van der Waals surface area contributed by atoms with Gasteiger partial charge in [-0.15, -0.1) is 0 Å². The van der Waals surface area contributed by atoms with E-state index < -0.39 is 6.10 Å². The second kappa shape index (κ2) is 5.66. The minimum Gasteiger partial charge on any atom is -0.388 e. The highest BCUT2D eigenvalue weighted by Crippen LogP contribution is 2.27. The summed E-state index contributed by atoms with van der Waals surface area (Å²) >= 11 is 2.13. The lowest BCUT2D eigenvalue weighted by molar-refractivity contribution is 0.0911. The number of halogens is 1. The summed E-state index contributed by atoms with van der Waals surface area (Å²) in [6.07, 6.45) is 2.33. The third-order valence-corrected chi connectivity index (χ3v) is 2.97. The van der Waals surface area contributed by atoms with Crippen molar-refractivity contribution in [3.8, 4) is 0 Å². The Morgan fingerprint density at radius 1 is 1.33 bits per heavy atom. The second-order valence-electron chi connectivity index (χ2n) is 4.41. The molecule has 0 aliphatic rings. The van der Waals surface area contributed by atoms with E-state index in [2.05, 4.69) is 48.6 Å². The third kappa shape index (κ3) is 3.95. The lowest BCUT2D eigenvalue weighted by atomic mass is 9.80. The number of rotatable bonds is 4. The first-order valence-corrected chi connectivity index (χ1v) is 6.30. The maximum absolute atomic E-state index is 9.95. The molecule has 82 valence electrons. The Morgan fingerprint density at radius 2 is 1.93 bits per heavy atom. The Bertz CT molecular complexity index is 317. The van der Waals surface area contributed by atoms with Crippen molar-refractivity contribution in [2.45, 2.75) is 26.4 Å². The summed E-state index contributed by atoms with van der Waals surface area (Å²) in [5.41, 5.74) is 1.15. The molecule has 0 aromatic heterocycles. The maximum atomic E-state index is 9.95. The van der Waals surface area contributed by atoms with Crippen LogP contribution in [0.25, 0.3) is 0 Å². The summed E-state index contributed by atoms with van der Waals surface area (Å²) in [5, 5.41) is 9.95. The molecule has 1 nitrogen and oxygen atoms in total. The van der Waals surface area contributed by atoms with E-state index in [4.69, 9.17) is 0 Å². The van der Waals surface area contributed by atoms with Crippen LogP contribution in [0.1, 0.15) is 19.4 Å². The van der Waals surface area contributed by atoms with Crippen molar-refractivity contribution in [2.75, 3.05) is 0 Å². The summed E-state index contributed by atoms with van der Waals surface area (Å²) in [4.78, 5) is 0. The lowest BCUT2D eigenvalue weighted by Gasteiger charge is -2.28. The highest BCUT2D eigenvalue weighted by molar-refractivity contribution is 14.1. The molecule has 1 atom stereocenters. The zero-order valence-corrected chi connectivity index (χ0v) is 11.3. The fraction of sp³-hybridized carbons (Fsp3) is 0.385. The number of benzene rings is 1. The lowest BCUT2D eigenvalue weighted by Crippen LogP contribution is -2.29. The molecule has 1 rings (SSSR count). The van der Waals surface area contributed by atoms with Gasteiger partial charge in [0.15, 0.2) is 0 Å². The van der Waals surface area contributed by atoms with Crippen molar-refractivity contribution < 1.29 is 5.11 Å². The summed E-state index contributed by atoms with van der Waals surface area (Å²) in [6, 6.07) is 10.3. The van der Waals surface area contributed by atoms with E-state index in [0.29, 0.717) is 0 Å². The molecule has 1 aromatic rings. The van der Waals surface area contributed by atoms with Crippen molar-refractivity contribution in [2.24, 2.45) is 5.41 Å². The van der Waals surface area contributed by atoms with Crippen LogP contribution in [0.15, 0.2) is 40.5 Å². The van der Waals surface area contributed by atoms with Gasteiger partial charge in [-0.25, -0.2) is 0 Å². The fourth-order valence-corrected chi connectivity index (χ4v) is 1.95. The van der Waals surface area contributed by atoms with Crippen LogP contribution < -0.4 is 0 Å². The number of hydrogen-bond acceptors (Lipinski definition) is 1.